The van der Waals surface area contributed by atoms with Crippen LogP contribution in [-0.4, -0.2) is 21.2 Å². The number of nitrogens with zero attached hydrogens (tertiary/aromatic N) is 2. The van der Waals surface area contributed by atoms with Crippen LogP contribution in [-0.2, 0) is 17.8 Å². The van der Waals surface area contributed by atoms with Crippen LogP contribution < -0.4 is 10.9 Å². The molecule has 0 saturated carbocycles. The number of thioether (sulfide) groups is 1. The van der Waals surface area contributed by atoms with Gasteiger partial charge in [-0.05, 0) is 53.9 Å². The Kier molecular flexibility index (Phi) is 5.86. The highest BCUT2D eigenvalue weighted by atomic mass is 32.2. The Morgan fingerprint density at radius 2 is 1.80 bits per heavy atom. The Labute approximate surface area is 179 Å². The molecular formula is C24H23N3O2S. The quantitative estimate of drug-likeness (QED) is 0.276. The van der Waals surface area contributed by atoms with Crippen LogP contribution in [0.25, 0.3) is 21.7 Å². The van der Waals surface area contributed by atoms with Crippen molar-refractivity contribution in [1.82, 2.24) is 9.55 Å². The molecule has 0 spiro atoms. The molecule has 0 radical (unpaired) electrons. The van der Waals surface area contributed by atoms with Gasteiger partial charge in [-0.3, -0.25) is 14.2 Å². The van der Waals surface area contributed by atoms with Crippen LogP contribution in [0.2, 0.25) is 0 Å². The third-order valence-corrected chi connectivity index (χ3v) is 6.03. The van der Waals surface area contributed by atoms with Gasteiger partial charge in [-0.15, -0.1) is 0 Å². The summed E-state index contributed by atoms with van der Waals surface area (Å²) in [6.07, 6.45) is 0.914. The zero-order chi connectivity index (χ0) is 21.1. The second kappa shape index (κ2) is 8.71. The molecule has 1 amide bonds. The molecule has 5 nitrogen and oxygen atoms in total. The molecule has 30 heavy (non-hydrogen) atoms. The van der Waals surface area contributed by atoms with E-state index in [0.29, 0.717) is 22.6 Å². The van der Waals surface area contributed by atoms with E-state index in [1.807, 2.05) is 67.6 Å². The fourth-order valence-corrected chi connectivity index (χ4v) is 4.34. The molecule has 1 aromatic heterocycles. The maximum absolute atomic E-state index is 13.0. The summed E-state index contributed by atoms with van der Waals surface area (Å²) in [5.74, 6) is 0.0609. The number of amides is 1. The SMILES string of the molecule is CCc1cccc(NC(=O)CSc2nc3cc4ccccc4cc3c(=O)n2CC)c1. The van der Waals surface area contributed by atoms with Crippen LogP contribution in [0, 0.1) is 0 Å². The first-order valence-electron chi connectivity index (χ1n) is 10.0. The van der Waals surface area contributed by atoms with Gasteiger partial charge in [0.1, 0.15) is 0 Å². The maximum Gasteiger partial charge on any atom is 0.262 e. The number of carbonyl (C=O) groups excluding carboxylic acids is 1. The van der Waals surface area contributed by atoms with E-state index in [1.165, 1.54) is 17.3 Å². The molecule has 0 unspecified atom stereocenters. The molecule has 1 heterocycles. The second-order valence-electron chi connectivity index (χ2n) is 7.05. The molecule has 0 saturated heterocycles. The summed E-state index contributed by atoms with van der Waals surface area (Å²) >= 11 is 1.28. The minimum Gasteiger partial charge on any atom is -0.325 e. The van der Waals surface area contributed by atoms with Crippen LogP contribution >= 0.6 is 11.8 Å². The number of nitrogens with one attached hydrogen (secondary N) is 1. The highest BCUT2D eigenvalue weighted by Crippen LogP contribution is 2.23. The van der Waals surface area contributed by atoms with Crippen molar-refractivity contribution in [3.8, 4) is 0 Å². The number of hydrogen-bond donors (Lipinski definition) is 1. The first kappa shape index (κ1) is 20.2. The molecule has 3 aromatic carbocycles. The van der Waals surface area contributed by atoms with Crippen LogP contribution in [0.5, 0.6) is 0 Å². The molecule has 0 aliphatic heterocycles. The molecule has 0 atom stereocenters. The zero-order valence-electron chi connectivity index (χ0n) is 17.0. The first-order valence-corrected chi connectivity index (χ1v) is 11.0. The number of hydrogen-bond acceptors (Lipinski definition) is 4. The second-order valence-corrected chi connectivity index (χ2v) is 7.99. The van der Waals surface area contributed by atoms with Crippen molar-refractivity contribution in [3.63, 3.8) is 0 Å². The van der Waals surface area contributed by atoms with Crippen LogP contribution in [0.15, 0.2) is 70.6 Å². The highest BCUT2D eigenvalue weighted by Gasteiger charge is 2.13. The Morgan fingerprint density at radius 3 is 2.53 bits per heavy atom. The Morgan fingerprint density at radius 1 is 1.03 bits per heavy atom. The number of carbonyl (C=O) groups is 1. The molecule has 152 valence electrons. The van der Waals surface area contributed by atoms with Crippen LogP contribution in [0.1, 0.15) is 19.4 Å². The number of benzene rings is 3. The topological polar surface area (TPSA) is 64.0 Å². The monoisotopic (exact) mass is 417 g/mol. The van der Waals surface area contributed by atoms with Gasteiger partial charge in [-0.2, -0.15) is 0 Å². The van der Waals surface area contributed by atoms with Gasteiger partial charge >= 0.3 is 0 Å². The summed E-state index contributed by atoms with van der Waals surface area (Å²) in [5.41, 5.74) is 2.53. The summed E-state index contributed by atoms with van der Waals surface area (Å²) in [6.45, 7) is 4.49. The van der Waals surface area contributed by atoms with Gasteiger partial charge in [0.05, 0.1) is 16.7 Å². The van der Waals surface area contributed by atoms with Crippen molar-refractivity contribution in [2.45, 2.75) is 32.0 Å². The molecule has 0 fully saturated rings. The number of aromatic nitrogens is 2. The zero-order valence-corrected chi connectivity index (χ0v) is 17.8. The normalized spacial score (nSPS) is 11.1. The van der Waals surface area contributed by atoms with E-state index in [1.54, 1.807) is 4.57 Å². The molecular weight excluding hydrogens is 394 g/mol. The lowest BCUT2D eigenvalue weighted by atomic mass is 10.1. The van der Waals surface area contributed by atoms with E-state index in [0.717, 1.165) is 22.9 Å². The Bertz CT molecular complexity index is 1300. The maximum atomic E-state index is 13.0. The predicted octanol–water partition coefficient (Wildman–Crippen LogP) is 4.86. The fraction of sp³-hybridized carbons (Fsp3) is 0.208. The van der Waals surface area contributed by atoms with E-state index in [-0.39, 0.29) is 17.2 Å². The predicted molar refractivity (Wildman–Crippen MR) is 124 cm³/mol. The van der Waals surface area contributed by atoms with Gasteiger partial charge in [-0.25, -0.2) is 4.98 Å². The molecule has 0 bridgehead atoms. The number of rotatable bonds is 6. The minimum atomic E-state index is -0.122. The average Bonchev–Trinajstić information content (AvgIpc) is 2.77. The third-order valence-electron chi connectivity index (χ3n) is 5.05. The van der Waals surface area contributed by atoms with Crippen molar-refractivity contribution in [2.24, 2.45) is 0 Å². The lowest BCUT2D eigenvalue weighted by Crippen LogP contribution is -2.23. The van der Waals surface area contributed by atoms with Crippen molar-refractivity contribution in [3.05, 3.63) is 76.6 Å². The Hall–Kier alpha value is -3.12. The van der Waals surface area contributed by atoms with Crippen molar-refractivity contribution in [1.29, 1.82) is 0 Å². The largest absolute Gasteiger partial charge is 0.325 e. The fourth-order valence-electron chi connectivity index (χ4n) is 3.47. The summed E-state index contributed by atoms with van der Waals surface area (Å²) in [5, 5.41) is 6.13. The van der Waals surface area contributed by atoms with E-state index in [9.17, 15) is 9.59 Å². The van der Waals surface area contributed by atoms with Gasteiger partial charge < -0.3 is 5.32 Å². The van der Waals surface area contributed by atoms with E-state index in [4.69, 9.17) is 4.98 Å². The summed E-state index contributed by atoms with van der Waals surface area (Å²) in [7, 11) is 0. The lowest BCUT2D eigenvalue weighted by Gasteiger charge is -2.12. The van der Waals surface area contributed by atoms with Gasteiger partial charge in [0.25, 0.3) is 5.56 Å². The van der Waals surface area contributed by atoms with Crippen molar-refractivity contribution < 1.29 is 4.79 Å². The summed E-state index contributed by atoms with van der Waals surface area (Å²) in [6, 6.07) is 19.6. The van der Waals surface area contributed by atoms with E-state index < -0.39 is 0 Å². The smallest absolute Gasteiger partial charge is 0.262 e. The number of fused-ring (bicyclic) bond motifs is 2. The summed E-state index contributed by atoms with van der Waals surface area (Å²) in [4.78, 5) is 30.2. The van der Waals surface area contributed by atoms with Crippen LogP contribution in [0.4, 0.5) is 5.69 Å². The average molecular weight is 418 g/mol. The minimum absolute atomic E-state index is 0.0770. The van der Waals surface area contributed by atoms with Crippen molar-refractivity contribution >= 4 is 45.0 Å². The van der Waals surface area contributed by atoms with Gasteiger partial charge in [0.2, 0.25) is 5.91 Å². The van der Waals surface area contributed by atoms with E-state index >= 15 is 0 Å². The Balaban J connectivity index is 1.60. The number of aryl methyl sites for hydroxylation is 1. The summed E-state index contributed by atoms with van der Waals surface area (Å²) < 4.78 is 1.63. The van der Waals surface area contributed by atoms with Gasteiger partial charge in [0, 0.05) is 12.2 Å². The molecule has 0 aliphatic carbocycles. The van der Waals surface area contributed by atoms with Crippen molar-refractivity contribution in [2.75, 3.05) is 11.1 Å². The standard InChI is InChI=1S/C24H23N3O2S/c1-3-16-8-7-11-19(12-16)25-22(28)15-30-24-26-21-14-18-10-6-5-9-17(18)13-20(21)23(29)27(24)4-2/h5-14H,3-4,15H2,1-2H3,(H,25,28). The lowest BCUT2D eigenvalue weighted by molar-refractivity contribution is -0.113. The molecule has 1 N–H and O–H groups in total. The first-order chi connectivity index (χ1) is 14.6. The van der Waals surface area contributed by atoms with E-state index in [2.05, 4.69) is 12.2 Å². The van der Waals surface area contributed by atoms with Gasteiger partial charge in [0.15, 0.2) is 5.16 Å². The molecule has 6 heteroatoms. The number of anilines is 1. The highest BCUT2D eigenvalue weighted by molar-refractivity contribution is 7.99. The molecule has 4 rings (SSSR count). The van der Waals surface area contributed by atoms with Gasteiger partial charge in [-0.1, -0.05) is 55.1 Å². The molecule has 4 aromatic rings. The van der Waals surface area contributed by atoms with Crippen LogP contribution in [0.3, 0.4) is 0 Å². The third kappa shape index (κ3) is 4.09. The molecule has 0 aliphatic rings.